The lowest BCUT2D eigenvalue weighted by molar-refractivity contribution is 0.267. The van der Waals surface area contributed by atoms with Crippen molar-refractivity contribution >= 4 is 11.6 Å². The Balaban J connectivity index is 2.95. The Hall–Kier alpha value is -0.990. The number of hydrogen-bond acceptors (Lipinski definition) is 2. The fraction of sp³-hybridized carbons (Fsp3) is 0.429. The number of halogens is 1. The van der Waals surface area contributed by atoms with Crippen molar-refractivity contribution in [1.29, 1.82) is 0 Å². The molecule has 0 aromatic heterocycles. The van der Waals surface area contributed by atoms with Crippen molar-refractivity contribution in [3.63, 3.8) is 0 Å². The van der Waals surface area contributed by atoms with E-state index in [1.54, 1.807) is 6.08 Å². The highest BCUT2D eigenvalue weighted by Gasteiger charge is 2.12. The van der Waals surface area contributed by atoms with Gasteiger partial charge in [0, 0.05) is 16.6 Å². The Bertz CT molecular complexity index is 378. The summed E-state index contributed by atoms with van der Waals surface area (Å²) < 4.78 is 5.76. The molecule has 17 heavy (non-hydrogen) atoms. The third-order valence-electron chi connectivity index (χ3n) is 2.71. The van der Waals surface area contributed by atoms with Crippen molar-refractivity contribution in [3.8, 4) is 5.75 Å². The van der Waals surface area contributed by atoms with E-state index in [0.29, 0.717) is 5.02 Å². The van der Waals surface area contributed by atoms with Crippen LogP contribution in [0.2, 0.25) is 5.02 Å². The molecule has 0 spiro atoms. The number of hydrogen-bond donors (Lipinski definition) is 1. The molecule has 94 valence electrons. The van der Waals surface area contributed by atoms with Crippen molar-refractivity contribution in [2.24, 2.45) is 5.73 Å². The number of benzene rings is 1. The number of nitrogens with two attached hydrogens (primary N) is 1. The van der Waals surface area contributed by atoms with Crippen LogP contribution < -0.4 is 10.5 Å². The third-order valence-corrected chi connectivity index (χ3v) is 3.07. The fourth-order valence-corrected chi connectivity index (χ4v) is 1.75. The van der Waals surface area contributed by atoms with Gasteiger partial charge < -0.3 is 10.5 Å². The molecule has 0 aliphatic heterocycles. The summed E-state index contributed by atoms with van der Waals surface area (Å²) in [7, 11) is 0. The van der Waals surface area contributed by atoms with Gasteiger partial charge in [-0.1, -0.05) is 37.2 Å². The summed E-state index contributed by atoms with van der Waals surface area (Å²) in [5, 5.41) is 0.711. The van der Waals surface area contributed by atoms with Crippen LogP contribution in [0.4, 0.5) is 0 Å². The van der Waals surface area contributed by atoms with Crippen LogP contribution >= 0.6 is 11.6 Å². The second-order valence-corrected chi connectivity index (χ2v) is 4.55. The summed E-state index contributed by atoms with van der Waals surface area (Å²) in [5.74, 6) is 0.800. The minimum absolute atomic E-state index is 0.0370. The maximum atomic E-state index is 6.20. The quantitative estimate of drug-likeness (QED) is 0.787. The van der Waals surface area contributed by atoms with E-state index in [1.807, 2.05) is 25.1 Å². The summed E-state index contributed by atoms with van der Waals surface area (Å²) in [5.41, 5.74) is 6.96. The summed E-state index contributed by atoms with van der Waals surface area (Å²) in [6.07, 6.45) is 3.37. The van der Waals surface area contributed by atoms with Gasteiger partial charge in [-0.25, -0.2) is 0 Å². The van der Waals surface area contributed by atoms with E-state index in [4.69, 9.17) is 22.1 Å². The minimum Gasteiger partial charge on any atom is -0.486 e. The molecular formula is C14H20ClNO. The average molecular weight is 254 g/mol. The standard InChI is InChI=1S/C14H20ClNO/c1-4-10(3)17-14-8-6-7-13(15)12(14)9-11(16)5-2/h4,6-8,10-11H,1,5,9,16H2,2-3H3. The van der Waals surface area contributed by atoms with Gasteiger partial charge in [-0.15, -0.1) is 0 Å². The highest BCUT2D eigenvalue weighted by Crippen LogP contribution is 2.28. The lowest BCUT2D eigenvalue weighted by Gasteiger charge is -2.17. The van der Waals surface area contributed by atoms with Crippen molar-refractivity contribution in [2.45, 2.75) is 38.8 Å². The van der Waals surface area contributed by atoms with Crippen molar-refractivity contribution in [3.05, 3.63) is 41.4 Å². The molecule has 1 aromatic rings. The zero-order valence-corrected chi connectivity index (χ0v) is 11.2. The number of ether oxygens (including phenoxy) is 1. The molecule has 0 fully saturated rings. The highest BCUT2D eigenvalue weighted by molar-refractivity contribution is 6.31. The Kier molecular flexibility index (Phi) is 5.52. The summed E-state index contributed by atoms with van der Waals surface area (Å²) in [6, 6.07) is 5.78. The van der Waals surface area contributed by atoms with E-state index < -0.39 is 0 Å². The predicted molar refractivity (Wildman–Crippen MR) is 73.7 cm³/mol. The lowest BCUT2D eigenvalue weighted by Crippen LogP contribution is -2.22. The molecule has 0 aliphatic rings. The van der Waals surface area contributed by atoms with Crippen LogP contribution in [0.25, 0.3) is 0 Å². The SMILES string of the molecule is C=CC(C)Oc1cccc(Cl)c1CC(N)CC. The first kappa shape index (κ1) is 14.1. The second kappa shape index (κ2) is 6.67. The molecule has 0 heterocycles. The van der Waals surface area contributed by atoms with Crippen LogP contribution in [-0.4, -0.2) is 12.1 Å². The Labute approximate surface area is 108 Å². The molecule has 0 bridgehead atoms. The van der Waals surface area contributed by atoms with E-state index in [-0.39, 0.29) is 12.1 Å². The molecule has 0 saturated carbocycles. The van der Waals surface area contributed by atoms with Gasteiger partial charge >= 0.3 is 0 Å². The summed E-state index contributed by atoms with van der Waals surface area (Å²) in [4.78, 5) is 0. The van der Waals surface area contributed by atoms with E-state index in [9.17, 15) is 0 Å². The third kappa shape index (κ3) is 4.06. The van der Waals surface area contributed by atoms with Crippen LogP contribution in [-0.2, 0) is 6.42 Å². The first-order valence-electron chi connectivity index (χ1n) is 5.90. The average Bonchev–Trinajstić information content (AvgIpc) is 2.33. The monoisotopic (exact) mass is 253 g/mol. The van der Waals surface area contributed by atoms with Crippen LogP contribution in [0.5, 0.6) is 5.75 Å². The maximum Gasteiger partial charge on any atom is 0.124 e. The van der Waals surface area contributed by atoms with Crippen LogP contribution in [0.1, 0.15) is 25.8 Å². The molecule has 2 unspecified atom stereocenters. The molecule has 2 nitrogen and oxygen atoms in total. The largest absolute Gasteiger partial charge is 0.486 e. The highest BCUT2D eigenvalue weighted by atomic mass is 35.5. The second-order valence-electron chi connectivity index (χ2n) is 4.15. The van der Waals surface area contributed by atoms with Gasteiger partial charge in [-0.3, -0.25) is 0 Å². The van der Waals surface area contributed by atoms with Crippen LogP contribution in [0, 0.1) is 0 Å². The molecule has 2 N–H and O–H groups in total. The van der Waals surface area contributed by atoms with Gasteiger partial charge in [0.15, 0.2) is 0 Å². The lowest BCUT2D eigenvalue weighted by atomic mass is 10.0. The minimum atomic E-state index is -0.0370. The zero-order chi connectivity index (χ0) is 12.8. The van der Waals surface area contributed by atoms with Gasteiger partial charge in [0.2, 0.25) is 0 Å². The Morgan fingerprint density at radius 3 is 2.82 bits per heavy atom. The fourth-order valence-electron chi connectivity index (χ4n) is 1.50. The van der Waals surface area contributed by atoms with E-state index in [2.05, 4.69) is 13.5 Å². The predicted octanol–water partition coefficient (Wildman–Crippen LogP) is 3.57. The van der Waals surface area contributed by atoms with Gasteiger partial charge in [-0.2, -0.15) is 0 Å². The first-order chi connectivity index (χ1) is 8.08. The molecular weight excluding hydrogens is 234 g/mol. The Morgan fingerprint density at radius 2 is 2.24 bits per heavy atom. The molecule has 1 rings (SSSR count). The van der Waals surface area contributed by atoms with Crippen molar-refractivity contribution in [1.82, 2.24) is 0 Å². The summed E-state index contributed by atoms with van der Waals surface area (Å²) >= 11 is 6.20. The van der Waals surface area contributed by atoms with Crippen LogP contribution in [0.15, 0.2) is 30.9 Å². The van der Waals surface area contributed by atoms with E-state index in [1.165, 1.54) is 0 Å². The van der Waals surface area contributed by atoms with E-state index >= 15 is 0 Å². The van der Waals surface area contributed by atoms with Crippen molar-refractivity contribution in [2.75, 3.05) is 0 Å². The molecule has 0 aliphatic carbocycles. The van der Waals surface area contributed by atoms with Gasteiger partial charge in [0.1, 0.15) is 11.9 Å². The van der Waals surface area contributed by atoms with Gasteiger partial charge in [-0.05, 0) is 31.9 Å². The molecule has 0 radical (unpaired) electrons. The van der Waals surface area contributed by atoms with Crippen molar-refractivity contribution < 1.29 is 4.74 Å². The smallest absolute Gasteiger partial charge is 0.124 e. The summed E-state index contributed by atoms with van der Waals surface area (Å²) in [6.45, 7) is 7.71. The topological polar surface area (TPSA) is 35.2 Å². The zero-order valence-electron chi connectivity index (χ0n) is 10.4. The molecule has 2 atom stereocenters. The Morgan fingerprint density at radius 1 is 1.53 bits per heavy atom. The molecule has 0 saturated heterocycles. The molecule has 1 aromatic carbocycles. The van der Waals surface area contributed by atoms with Crippen LogP contribution in [0.3, 0.4) is 0 Å². The normalized spacial score (nSPS) is 14.1. The van der Waals surface area contributed by atoms with Gasteiger partial charge in [0.05, 0.1) is 0 Å². The number of rotatable bonds is 6. The maximum absolute atomic E-state index is 6.20. The first-order valence-corrected chi connectivity index (χ1v) is 6.28. The molecule has 3 heteroatoms. The van der Waals surface area contributed by atoms with E-state index in [0.717, 1.165) is 24.2 Å². The van der Waals surface area contributed by atoms with Gasteiger partial charge in [0.25, 0.3) is 0 Å². The molecule has 0 amide bonds.